The molecule has 0 aliphatic heterocycles. The fraction of sp³-hybridized carbons (Fsp3) is 0.333. The molecule has 0 N–H and O–H groups in total. The number of rotatable bonds is 6. The van der Waals surface area contributed by atoms with Crippen LogP contribution < -0.4 is 4.74 Å². The van der Waals surface area contributed by atoms with Crippen LogP contribution in [0.4, 0.5) is 0 Å². The number of ether oxygens (including phenoxy) is 2. The minimum Gasteiger partial charge on any atom is -0.493 e. The van der Waals surface area contributed by atoms with E-state index >= 15 is 0 Å². The second kappa shape index (κ2) is 6.00. The van der Waals surface area contributed by atoms with Gasteiger partial charge < -0.3 is 9.47 Å². The Hall–Kier alpha value is -1.88. The predicted molar refractivity (Wildman–Crippen MR) is 63.3 cm³/mol. The lowest BCUT2D eigenvalue weighted by Crippen LogP contribution is -2.02. The van der Waals surface area contributed by atoms with Crippen LogP contribution in [0.3, 0.4) is 0 Å². The summed E-state index contributed by atoms with van der Waals surface area (Å²) in [5, 5.41) is 7.70. The molecule has 1 aromatic heterocycles. The minimum absolute atomic E-state index is 0.647. The third-order valence-corrected chi connectivity index (χ3v) is 2.27. The Morgan fingerprint density at radius 3 is 3.00 bits per heavy atom. The third kappa shape index (κ3) is 3.29. The number of nitrogens with zero attached hydrogens (tertiary/aromatic N) is 3. The molecule has 0 unspecified atom stereocenters. The van der Waals surface area contributed by atoms with E-state index in [9.17, 15) is 0 Å². The standard InChI is InChI=1S/C12H15N3O2/c1-16-8-3-9-17-12-5-2-4-11(10-12)15-7-6-13-14-15/h2,4-7,10H,3,8-9H2,1H3. The number of benzene rings is 1. The van der Waals surface area contributed by atoms with Crippen molar-refractivity contribution < 1.29 is 9.47 Å². The topological polar surface area (TPSA) is 49.2 Å². The van der Waals surface area contributed by atoms with Crippen molar-refractivity contribution in [3.63, 3.8) is 0 Å². The Balaban J connectivity index is 1.97. The molecule has 5 nitrogen and oxygen atoms in total. The number of hydrogen-bond acceptors (Lipinski definition) is 4. The molecule has 2 aromatic rings. The Bertz CT molecular complexity index is 443. The van der Waals surface area contributed by atoms with Crippen molar-refractivity contribution in [1.82, 2.24) is 15.0 Å². The molecule has 17 heavy (non-hydrogen) atoms. The fourth-order valence-corrected chi connectivity index (χ4v) is 1.46. The SMILES string of the molecule is COCCCOc1cccc(-n2ccnn2)c1. The molecular formula is C12H15N3O2. The number of aromatic nitrogens is 3. The molecule has 0 fully saturated rings. The highest BCUT2D eigenvalue weighted by Crippen LogP contribution is 2.15. The molecule has 5 heteroatoms. The van der Waals surface area contributed by atoms with E-state index in [1.165, 1.54) is 0 Å². The first-order valence-electron chi connectivity index (χ1n) is 5.48. The molecule has 2 rings (SSSR count). The molecule has 0 saturated heterocycles. The number of hydrogen-bond donors (Lipinski definition) is 0. The summed E-state index contributed by atoms with van der Waals surface area (Å²) in [6, 6.07) is 7.74. The molecule has 0 aliphatic rings. The van der Waals surface area contributed by atoms with Crippen LogP contribution in [-0.2, 0) is 4.74 Å². The van der Waals surface area contributed by atoms with Gasteiger partial charge >= 0.3 is 0 Å². The van der Waals surface area contributed by atoms with E-state index in [0.717, 1.165) is 17.9 Å². The highest BCUT2D eigenvalue weighted by molar-refractivity contribution is 5.38. The van der Waals surface area contributed by atoms with Crippen LogP contribution in [0, 0.1) is 0 Å². The molecule has 90 valence electrons. The van der Waals surface area contributed by atoms with Crippen molar-refractivity contribution >= 4 is 0 Å². The Labute approximate surface area is 100.0 Å². The van der Waals surface area contributed by atoms with Gasteiger partial charge in [0.05, 0.1) is 24.7 Å². The maximum absolute atomic E-state index is 5.61. The molecular weight excluding hydrogens is 218 g/mol. The zero-order valence-corrected chi connectivity index (χ0v) is 9.74. The van der Waals surface area contributed by atoms with Gasteiger partial charge in [-0.25, -0.2) is 4.68 Å². The van der Waals surface area contributed by atoms with Gasteiger partial charge in [0.1, 0.15) is 5.75 Å². The van der Waals surface area contributed by atoms with Crippen LogP contribution in [0.25, 0.3) is 5.69 Å². The Morgan fingerprint density at radius 1 is 1.29 bits per heavy atom. The lowest BCUT2D eigenvalue weighted by atomic mass is 10.3. The van der Waals surface area contributed by atoms with Crippen molar-refractivity contribution in [2.24, 2.45) is 0 Å². The number of methoxy groups -OCH3 is 1. The van der Waals surface area contributed by atoms with E-state index in [1.807, 2.05) is 24.3 Å². The summed E-state index contributed by atoms with van der Waals surface area (Å²) >= 11 is 0. The van der Waals surface area contributed by atoms with Crippen LogP contribution in [0.5, 0.6) is 5.75 Å². The van der Waals surface area contributed by atoms with Crippen LogP contribution in [0.1, 0.15) is 6.42 Å². The second-order valence-corrected chi connectivity index (χ2v) is 3.54. The van der Waals surface area contributed by atoms with Crippen LogP contribution in [-0.4, -0.2) is 35.3 Å². The van der Waals surface area contributed by atoms with E-state index in [1.54, 1.807) is 24.2 Å². The summed E-state index contributed by atoms with van der Waals surface area (Å²) in [6.45, 7) is 1.36. The summed E-state index contributed by atoms with van der Waals surface area (Å²) in [6.07, 6.45) is 4.32. The van der Waals surface area contributed by atoms with Gasteiger partial charge in [0.2, 0.25) is 0 Å². The molecule has 0 aliphatic carbocycles. The molecule has 1 aromatic carbocycles. The molecule has 0 spiro atoms. The predicted octanol–water partition coefficient (Wildman–Crippen LogP) is 1.68. The summed E-state index contributed by atoms with van der Waals surface area (Å²) in [5.74, 6) is 0.828. The summed E-state index contributed by atoms with van der Waals surface area (Å²) in [7, 11) is 1.69. The average molecular weight is 233 g/mol. The normalized spacial score (nSPS) is 10.4. The summed E-state index contributed by atoms with van der Waals surface area (Å²) < 4.78 is 12.3. The lowest BCUT2D eigenvalue weighted by Gasteiger charge is -2.07. The zero-order valence-electron chi connectivity index (χ0n) is 9.74. The molecule has 1 heterocycles. The van der Waals surface area contributed by atoms with Gasteiger partial charge in [-0.05, 0) is 12.1 Å². The Morgan fingerprint density at radius 2 is 2.24 bits per heavy atom. The van der Waals surface area contributed by atoms with Crippen molar-refractivity contribution in [1.29, 1.82) is 0 Å². The van der Waals surface area contributed by atoms with Crippen molar-refractivity contribution in [3.8, 4) is 11.4 Å². The van der Waals surface area contributed by atoms with E-state index < -0.39 is 0 Å². The van der Waals surface area contributed by atoms with Crippen LogP contribution in [0.2, 0.25) is 0 Å². The van der Waals surface area contributed by atoms with Gasteiger partial charge in [0.15, 0.2) is 0 Å². The quantitative estimate of drug-likeness (QED) is 0.712. The van der Waals surface area contributed by atoms with E-state index in [-0.39, 0.29) is 0 Å². The van der Waals surface area contributed by atoms with Crippen molar-refractivity contribution in [3.05, 3.63) is 36.7 Å². The molecule has 0 bridgehead atoms. The van der Waals surface area contributed by atoms with Gasteiger partial charge in [-0.1, -0.05) is 11.3 Å². The van der Waals surface area contributed by atoms with Gasteiger partial charge in [0.25, 0.3) is 0 Å². The zero-order chi connectivity index (χ0) is 11.9. The second-order valence-electron chi connectivity index (χ2n) is 3.54. The minimum atomic E-state index is 0.647. The highest BCUT2D eigenvalue weighted by atomic mass is 16.5. The van der Waals surface area contributed by atoms with Gasteiger partial charge in [-0.3, -0.25) is 0 Å². The van der Waals surface area contributed by atoms with E-state index in [2.05, 4.69) is 10.3 Å². The lowest BCUT2D eigenvalue weighted by molar-refractivity contribution is 0.172. The van der Waals surface area contributed by atoms with Crippen LogP contribution >= 0.6 is 0 Å². The maximum atomic E-state index is 5.61. The van der Waals surface area contributed by atoms with Crippen molar-refractivity contribution in [2.45, 2.75) is 6.42 Å². The van der Waals surface area contributed by atoms with E-state index in [0.29, 0.717) is 13.2 Å². The molecule has 0 radical (unpaired) electrons. The smallest absolute Gasteiger partial charge is 0.121 e. The molecule has 0 amide bonds. The first kappa shape index (κ1) is 11.6. The highest BCUT2D eigenvalue weighted by Gasteiger charge is 1.99. The average Bonchev–Trinajstić information content (AvgIpc) is 2.89. The maximum Gasteiger partial charge on any atom is 0.121 e. The summed E-state index contributed by atoms with van der Waals surface area (Å²) in [4.78, 5) is 0. The van der Waals surface area contributed by atoms with Gasteiger partial charge in [-0.2, -0.15) is 0 Å². The third-order valence-electron chi connectivity index (χ3n) is 2.27. The monoisotopic (exact) mass is 233 g/mol. The molecule has 0 saturated carbocycles. The molecule has 0 atom stereocenters. The first-order chi connectivity index (χ1) is 8.40. The largest absolute Gasteiger partial charge is 0.493 e. The van der Waals surface area contributed by atoms with Crippen molar-refractivity contribution in [2.75, 3.05) is 20.3 Å². The fourth-order valence-electron chi connectivity index (χ4n) is 1.46. The Kier molecular flexibility index (Phi) is 4.10. The first-order valence-corrected chi connectivity index (χ1v) is 5.48. The van der Waals surface area contributed by atoms with Crippen LogP contribution in [0.15, 0.2) is 36.7 Å². The van der Waals surface area contributed by atoms with Gasteiger partial charge in [0, 0.05) is 26.2 Å². The van der Waals surface area contributed by atoms with E-state index in [4.69, 9.17) is 9.47 Å². The van der Waals surface area contributed by atoms with Gasteiger partial charge in [-0.15, -0.1) is 5.10 Å². The summed E-state index contributed by atoms with van der Waals surface area (Å²) in [5.41, 5.74) is 0.937.